The van der Waals surface area contributed by atoms with Gasteiger partial charge in [0.25, 0.3) is 4.88 Å². The number of hydrogen-bond acceptors (Lipinski definition) is 6. The highest BCUT2D eigenvalue weighted by molar-refractivity contribution is 7.72. The number of rotatable bonds is 3. The van der Waals surface area contributed by atoms with Crippen LogP contribution in [-0.2, 0) is 0 Å². The van der Waals surface area contributed by atoms with Crippen molar-refractivity contribution in [3.05, 3.63) is 60.7 Å². The lowest BCUT2D eigenvalue weighted by Gasteiger charge is -2.17. The van der Waals surface area contributed by atoms with Gasteiger partial charge in [0, 0.05) is 11.1 Å². The molecule has 1 heterocycles. The highest BCUT2D eigenvalue weighted by atomic mass is 35.7. The van der Waals surface area contributed by atoms with Crippen molar-refractivity contribution in [2.24, 2.45) is 0 Å². The van der Waals surface area contributed by atoms with Gasteiger partial charge in [-0.05, 0) is 12.1 Å². The number of benzene rings is 2. The predicted molar refractivity (Wildman–Crippen MR) is 84.0 cm³/mol. The summed E-state index contributed by atoms with van der Waals surface area (Å²) in [6.07, 6.45) is 0. The van der Waals surface area contributed by atoms with Gasteiger partial charge in [0.05, 0.1) is 7.11 Å². The Hall–Kier alpha value is -1.58. The van der Waals surface area contributed by atoms with Crippen LogP contribution in [0.3, 0.4) is 0 Å². The van der Waals surface area contributed by atoms with Crippen molar-refractivity contribution in [3.63, 3.8) is 0 Å². The zero-order valence-corrected chi connectivity index (χ0v) is 14.9. The maximum absolute atomic E-state index is 8.49. The summed E-state index contributed by atoms with van der Waals surface area (Å²) in [5, 5.41) is 0. The Morgan fingerprint density at radius 3 is 1.75 bits per heavy atom. The first-order valence-electron chi connectivity index (χ1n) is 6.63. The number of hydrogen-bond donors (Lipinski definition) is 0. The average molecular weight is 385 g/mol. The second-order valence-corrected chi connectivity index (χ2v) is 7.37. The molecule has 0 saturated carbocycles. The summed E-state index contributed by atoms with van der Waals surface area (Å²) in [4.78, 5) is 2.40. The molecule has 0 atom stereocenters. The quantitative estimate of drug-likeness (QED) is 0.488. The first-order valence-corrected chi connectivity index (χ1v) is 10.0. The SMILES string of the molecule is COc1c(-c2ccccc2)s[s+]c1-c1ccccc1.[O-][Cl+3]([O-])([O-])[O-]. The minimum absolute atomic E-state index is 0.979. The molecule has 0 aliphatic carbocycles. The molecule has 1 aromatic heterocycles. The van der Waals surface area contributed by atoms with Crippen molar-refractivity contribution in [1.29, 1.82) is 0 Å². The summed E-state index contributed by atoms with van der Waals surface area (Å²) in [7, 11) is 0.330. The molecule has 0 aliphatic rings. The van der Waals surface area contributed by atoms with E-state index in [1.807, 2.05) is 12.1 Å². The Labute approximate surface area is 148 Å². The molecule has 0 saturated heterocycles. The lowest BCUT2D eigenvalue weighted by Crippen LogP contribution is -2.68. The molecule has 3 aromatic rings. The van der Waals surface area contributed by atoms with Gasteiger partial charge in [-0.2, -0.15) is 0 Å². The third kappa shape index (κ3) is 5.50. The van der Waals surface area contributed by atoms with Crippen LogP contribution >= 0.6 is 20.7 Å². The molecule has 0 amide bonds. The van der Waals surface area contributed by atoms with Crippen LogP contribution in [0.15, 0.2) is 60.7 Å². The lowest BCUT2D eigenvalue weighted by molar-refractivity contribution is -2.00. The Bertz CT molecular complexity index is 694. The van der Waals surface area contributed by atoms with E-state index in [1.54, 1.807) is 27.8 Å². The third-order valence-electron chi connectivity index (χ3n) is 2.90. The van der Waals surface area contributed by atoms with Crippen LogP contribution in [0.4, 0.5) is 0 Å². The van der Waals surface area contributed by atoms with Crippen LogP contribution in [0, 0.1) is 10.2 Å². The minimum atomic E-state index is -4.94. The van der Waals surface area contributed by atoms with Gasteiger partial charge in [-0.15, -0.1) is 10.2 Å². The fraction of sp³-hybridized carbons (Fsp3) is 0.0625. The van der Waals surface area contributed by atoms with E-state index in [0.717, 1.165) is 5.75 Å². The summed E-state index contributed by atoms with van der Waals surface area (Å²) < 4.78 is 39.6. The molecule has 2 aromatic carbocycles. The first-order chi connectivity index (χ1) is 11.4. The van der Waals surface area contributed by atoms with Crippen LogP contribution in [0.25, 0.3) is 20.9 Å². The predicted octanol–water partition coefficient (Wildman–Crippen LogP) is 0.677. The zero-order chi connectivity index (χ0) is 17.6. The van der Waals surface area contributed by atoms with Gasteiger partial charge in [0.1, 0.15) is 4.88 Å². The van der Waals surface area contributed by atoms with Crippen LogP contribution < -0.4 is 23.4 Å². The van der Waals surface area contributed by atoms with Gasteiger partial charge < -0.3 is 4.74 Å². The normalized spacial score (nSPS) is 10.7. The smallest absolute Gasteiger partial charge is 0.305 e. The summed E-state index contributed by atoms with van der Waals surface area (Å²) in [5.41, 5.74) is 2.42. The maximum atomic E-state index is 8.49. The van der Waals surface area contributed by atoms with Crippen molar-refractivity contribution in [1.82, 2.24) is 0 Å². The molecule has 0 spiro atoms. The molecule has 0 aliphatic heterocycles. The summed E-state index contributed by atoms with van der Waals surface area (Å²) in [6, 6.07) is 20.8. The van der Waals surface area contributed by atoms with Crippen molar-refractivity contribution in [3.8, 4) is 26.6 Å². The summed E-state index contributed by atoms with van der Waals surface area (Å²) in [5.74, 6) is 0.979. The van der Waals surface area contributed by atoms with Gasteiger partial charge >= 0.3 is 10.3 Å². The average Bonchev–Trinajstić information content (AvgIpc) is 2.99. The second-order valence-electron chi connectivity index (χ2n) is 4.47. The molecule has 5 nitrogen and oxygen atoms in total. The van der Waals surface area contributed by atoms with Crippen molar-refractivity contribution in [2.75, 3.05) is 7.11 Å². The van der Waals surface area contributed by atoms with E-state index in [4.69, 9.17) is 23.4 Å². The standard InChI is InChI=1S/C16H13OS2.ClHO4/c1-17-14-15(12-8-4-2-5-9-12)18-19-16(14)13-10-6-3-7-11-13;2-1(3,4)5/h2-11H,1H3;(H,2,3,4,5)/q+1;/p-1. The molecule has 8 heteroatoms. The fourth-order valence-electron chi connectivity index (χ4n) is 1.98. The molecule has 0 bridgehead atoms. The van der Waals surface area contributed by atoms with E-state index in [1.165, 1.54) is 20.9 Å². The van der Waals surface area contributed by atoms with E-state index < -0.39 is 10.2 Å². The second kappa shape index (κ2) is 8.50. The first kappa shape index (κ1) is 18.8. The van der Waals surface area contributed by atoms with E-state index in [2.05, 4.69) is 48.5 Å². The van der Waals surface area contributed by atoms with Crippen molar-refractivity contribution < 1.29 is 33.6 Å². The molecular formula is C16H13ClO5S2. The largest absolute Gasteiger partial charge is 0.490 e. The Kier molecular flexibility index (Phi) is 6.64. The third-order valence-corrected chi connectivity index (χ3v) is 5.41. The number of ether oxygens (including phenoxy) is 1. The number of halogens is 1. The molecule has 0 radical (unpaired) electrons. The van der Waals surface area contributed by atoms with Gasteiger partial charge in [-0.1, -0.05) is 48.5 Å². The molecule has 0 N–H and O–H groups in total. The van der Waals surface area contributed by atoms with Crippen LogP contribution in [0.5, 0.6) is 5.75 Å². The van der Waals surface area contributed by atoms with Gasteiger partial charge in [0.15, 0.2) is 10.3 Å². The van der Waals surface area contributed by atoms with Crippen molar-refractivity contribution >= 4 is 20.7 Å². The molecule has 24 heavy (non-hydrogen) atoms. The van der Waals surface area contributed by atoms with E-state index in [-0.39, 0.29) is 0 Å². The van der Waals surface area contributed by atoms with Crippen molar-refractivity contribution in [2.45, 2.75) is 0 Å². The molecule has 126 valence electrons. The minimum Gasteiger partial charge on any atom is -0.490 e. The molecule has 3 rings (SSSR count). The van der Waals surface area contributed by atoms with E-state index in [9.17, 15) is 0 Å². The monoisotopic (exact) mass is 384 g/mol. The van der Waals surface area contributed by atoms with Crippen LogP contribution in [-0.4, -0.2) is 7.11 Å². The van der Waals surface area contributed by atoms with Crippen LogP contribution in [0.1, 0.15) is 0 Å². The fourth-order valence-corrected chi connectivity index (χ4v) is 4.73. The topological polar surface area (TPSA) is 101 Å². The van der Waals surface area contributed by atoms with Gasteiger partial charge in [0.2, 0.25) is 5.75 Å². The highest BCUT2D eigenvalue weighted by Crippen LogP contribution is 2.47. The Morgan fingerprint density at radius 1 is 0.833 bits per heavy atom. The van der Waals surface area contributed by atoms with E-state index >= 15 is 0 Å². The number of methoxy groups -OCH3 is 1. The molecular weight excluding hydrogens is 372 g/mol. The van der Waals surface area contributed by atoms with Gasteiger partial charge in [-0.25, -0.2) is 18.6 Å². The highest BCUT2D eigenvalue weighted by Gasteiger charge is 2.27. The maximum Gasteiger partial charge on any atom is 0.305 e. The summed E-state index contributed by atoms with van der Waals surface area (Å²) >= 11 is 0. The van der Waals surface area contributed by atoms with Crippen LogP contribution in [0.2, 0.25) is 0 Å². The molecule has 0 unspecified atom stereocenters. The Balaban J connectivity index is 0.000000368. The lowest BCUT2D eigenvalue weighted by atomic mass is 10.1. The molecule has 0 fully saturated rings. The summed E-state index contributed by atoms with van der Waals surface area (Å²) in [6.45, 7) is 0. The van der Waals surface area contributed by atoms with Gasteiger partial charge in [-0.3, -0.25) is 0 Å². The zero-order valence-electron chi connectivity index (χ0n) is 12.5. The Morgan fingerprint density at radius 2 is 1.29 bits per heavy atom. The van der Waals surface area contributed by atoms with E-state index in [0.29, 0.717) is 0 Å².